The maximum atomic E-state index is 5.90. The molecule has 0 aliphatic heterocycles. The number of methoxy groups -OCH3 is 1. The molecule has 116 valence electrons. The van der Waals surface area contributed by atoms with Crippen LogP contribution in [0.5, 0.6) is 5.75 Å². The highest BCUT2D eigenvalue weighted by molar-refractivity contribution is 7.80. The van der Waals surface area contributed by atoms with Gasteiger partial charge in [0.15, 0.2) is 5.11 Å². The van der Waals surface area contributed by atoms with Crippen LogP contribution in [0, 0.1) is 0 Å². The normalized spacial score (nSPS) is 11.1. The predicted molar refractivity (Wildman–Crippen MR) is 97.1 cm³/mol. The Bertz CT molecular complexity index is 668. The molecule has 0 spiro atoms. The molecule has 0 radical (unpaired) electrons. The van der Waals surface area contributed by atoms with E-state index in [9.17, 15) is 0 Å². The van der Waals surface area contributed by atoms with Gasteiger partial charge < -0.3 is 10.1 Å². The summed E-state index contributed by atoms with van der Waals surface area (Å²) in [6.45, 7) is 2.52. The summed E-state index contributed by atoms with van der Waals surface area (Å²) in [6.07, 6.45) is 0. The van der Waals surface area contributed by atoms with Crippen molar-refractivity contribution in [3.05, 3.63) is 51.2 Å². The molecule has 7 heteroatoms. The maximum absolute atomic E-state index is 5.90. The largest absolute Gasteiger partial charge is 0.497 e. The molecule has 0 unspecified atom stereocenters. The number of hydrogen-bond acceptors (Lipinski definition) is 4. The second-order valence-corrected chi connectivity index (χ2v) is 6.57. The van der Waals surface area contributed by atoms with Crippen molar-refractivity contribution in [1.82, 2.24) is 10.7 Å². The summed E-state index contributed by atoms with van der Waals surface area (Å²) in [5.41, 5.74) is 4.78. The zero-order valence-electron chi connectivity index (χ0n) is 12.2. The third kappa shape index (κ3) is 4.98. The molecule has 0 bridgehead atoms. The van der Waals surface area contributed by atoms with E-state index < -0.39 is 0 Å². The Morgan fingerprint density at radius 3 is 2.59 bits per heavy atom. The van der Waals surface area contributed by atoms with E-state index >= 15 is 0 Å². The van der Waals surface area contributed by atoms with Crippen LogP contribution in [0.2, 0.25) is 4.34 Å². The summed E-state index contributed by atoms with van der Waals surface area (Å²) in [4.78, 5) is 1.01. The quantitative estimate of drug-likeness (QED) is 0.487. The van der Waals surface area contributed by atoms with Crippen molar-refractivity contribution in [2.24, 2.45) is 5.10 Å². The number of thiophene rings is 1. The number of nitrogens with zero attached hydrogens (tertiary/aromatic N) is 1. The van der Waals surface area contributed by atoms with E-state index in [0.717, 1.165) is 26.2 Å². The zero-order chi connectivity index (χ0) is 15.9. The summed E-state index contributed by atoms with van der Waals surface area (Å²) < 4.78 is 5.86. The van der Waals surface area contributed by atoms with E-state index in [1.54, 1.807) is 7.11 Å². The number of benzene rings is 1. The molecule has 0 amide bonds. The van der Waals surface area contributed by atoms with Crippen LogP contribution in [0.15, 0.2) is 41.5 Å². The molecule has 2 rings (SSSR count). The highest BCUT2D eigenvalue weighted by atomic mass is 35.5. The third-order valence-corrected chi connectivity index (χ3v) is 4.44. The van der Waals surface area contributed by atoms with Crippen LogP contribution in [0.4, 0.5) is 0 Å². The average molecular weight is 354 g/mol. The van der Waals surface area contributed by atoms with Crippen LogP contribution in [-0.4, -0.2) is 17.9 Å². The molecule has 1 aromatic heterocycles. The number of ether oxygens (including phenoxy) is 1. The minimum Gasteiger partial charge on any atom is -0.497 e. The van der Waals surface area contributed by atoms with E-state index in [-0.39, 0.29) is 0 Å². The minimum atomic E-state index is 0.470. The molecule has 0 atom stereocenters. The molecule has 0 fully saturated rings. The van der Waals surface area contributed by atoms with Crippen molar-refractivity contribution in [1.29, 1.82) is 0 Å². The fourth-order valence-corrected chi connectivity index (χ4v) is 2.77. The monoisotopic (exact) mass is 353 g/mol. The first kappa shape index (κ1) is 16.7. The van der Waals surface area contributed by atoms with Crippen LogP contribution in [-0.2, 0) is 6.54 Å². The second kappa shape index (κ2) is 8.12. The number of halogens is 1. The van der Waals surface area contributed by atoms with Gasteiger partial charge in [0.25, 0.3) is 0 Å². The minimum absolute atomic E-state index is 0.470. The van der Waals surface area contributed by atoms with Gasteiger partial charge in [-0.1, -0.05) is 23.7 Å². The van der Waals surface area contributed by atoms with Crippen molar-refractivity contribution < 1.29 is 4.74 Å². The molecule has 0 saturated carbocycles. The Balaban J connectivity index is 1.82. The van der Waals surface area contributed by atoms with E-state index in [4.69, 9.17) is 28.6 Å². The fraction of sp³-hybridized carbons (Fsp3) is 0.200. The fourth-order valence-electron chi connectivity index (χ4n) is 1.66. The molecule has 0 aliphatic rings. The number of rotatable bonds is 5. The first-order valence-corrected chi connectivity index (χ1v) is 8.15. The highest BCUT2D eigenvalue weighted by Gasteiger charge is 2.02. The lowest BCUT2D eigenvalue weighted by molar-refractivity contribution is 0.414. The van der Waals surface area contributed by atoms with Gasteiger partial charge in [-0.05, 0) is 49.0 Å². The van der Waals surface area contributed by atoms with Crippen molar-refractivity contribution >= 4 is 46.0 Å². The van der Waals surface area contributed by atoms with Crippen LogP contribution < -0.4 is 15.5 Å². The van der Waals surface area contributed by atoms with E-state index in [0.29, 0.717) is 11.7 Å². The van der Waals surface area contributed by atoms with Crippen molar-refractivity contribution in [3.8, 4) is 5.75 Å². The van der Waals surface area contributed by atoms with Crippen molar-refractivity contribution in [2.75, 3.05) is 7.11 Å². The van der Waals surface area contributed by atoms with Gasteiger partial charge >= 0.3 is 0 Å². The van der Waals surface area contributed by atoms with Gasteiger partial charge in [0.2, 0.25) is 0 Å². The Morgan fingerprint density at radius 1 is 1.27 bits per heavy atom. The lowest BCUT2D eigenvalue weighted by atomic mass is 10.2. The smallest absolute Gasteiger partial charge is 0.187 e. The molecule has 1 heterocycles. The van der Waals surface area contributed by atoms with Crippen LogP contribution in [0.3, 0.4) is 0 Å². The zero-order valence-corrected chi connectivity index (χ0v) is 14.6. The second-order valence-electron chi connectivity index (χ2n) is 4.44. The molecule has 0 aliphatic carbocycles. The van der Waals surface area contributed by atoms with Crippen molar-refractivity contribution in [2.45, 2.75) is 13.5 Å². The van der Waals surface area contributed by atoms with Crippen molar-refractivity contribution in [3.63, 3.8) is 0 Å². The standard InChI is InChI=1S/C15H16ClN3OS2/c1-10(13-7-8-14(16)22-13)18-19-15(21)17-9-11-3-5-12(20-2)6-4-11/h3-8H,9H2,1-2H3,(H2,17,19,21)/b18-10-. The van der Waals surface area contributed by atoms with E-state index in [1.165, 1.54) is 11.3 Å². The number of nitrogens with one attached hydrogen (secondary N) is 2. The van der Waals surface area contributed by atoms with E-state index in [2.05, 4.69) is 15.8 Å². The van der Waals surface area contributed by atoms with Gasteiger partial charge in [-0.15, -0.1) is 11.3 Å². The summed E-state index contributed by atoms with van der Waals surface area (Å²) >= 11 is 12.6. The first-order chi connectivity index (χ1) is 10.6. The summed E-state index contributed by atoms with van der Waals surface area (Å²) in [5, 5.41) is 7.81. The van der Waals surface area contributed by atoms with Gasteiger partial charge in [0.05, 0.1) is 22.0 Å². The SMILES string of the molecule is COc1ccc(CNC(=S)N/N=C(/C)c2ccc(Cl)s2)cc1. The van der Waals surface area contributed by atoms with Gasteiger partial charge in [0, 0.05) is 6.54 Å². The molecule has 2 N–H and O–H groups in total. The van der Waals surface area contributed by atoms with Gasteiger partial charge in [-0.25, -0.2) is 0 Å². The van der Waals surface area contributed by atoms with Gasteiger partial charge in [0.1, 0.15) is 5.75 Å². The predicted octanol–water partition coefficient (Wildman–Crippen LogP) is 3.80. The molecule has 0 saturated heterocycles. The number of hydrazone groups is 1. The molecule has 2 aromatic rings. The third-order valence-electron chi connectivity index (χ3n) is 2.87. The summed E-state index contributed by atoms with van der Waals surface area (Å²) in [7, 11) is 1.65. The number of hydrogen-bond donors (Lipinski definition) is 2. The Labute approximate surface area is 144 Å². The van der Waals surface area contributed by atoms with Gasteiger partial charge in [-0.2, -0.15) is 5.10 Å². The van der Waals surface area contributed by atoms with Gasteiger partial charge in [-0.3, -0.25) is 5.43 Å². The first-order valence-electron chi connectivity index (χ1n) is 6.55. The lowest BCUT2D eigenvalue weighted by Gasteiger charge is -2.08. The Kier molecular flexibility index (Phi) is 6.18. The Hall–Kier alpha value is -1.63. The van der Waals surface area contributed by atoms with Crippen LogP contribution >= 0.6 is 35.2 Å². The average Bonchev–Trinajstić information content (AvgIpc) is 2.97. The topological polar surface area (TPSA) is 45.6 Å². The molecule has 22 heavy (non-hydrogen) atoms. The molecule has 1 aromatic carbocycles. The number of thiocarbonyl (C=S) groups is 1. The van der Waals surface area contributed by atoms with Crippen LogP contribution in [0.1, 0.15) is 17.4 Å². The molecular weight excluding hydrogens is 338 g/mol. The summed E-state index contributed by atoms with van der Waals surface area (Å²) in [5.74, 6) is 0.833. The highest BCUT2D eigenvalue weighted by Crippen LogP contribution is 2.21. The van der Waals surface area contributed by atoms with Crippen LogP contribution in [0.25, 0.3) is 0 Å². The van der Waals surface area contributed by atoms with E-state index in [1.807, 2.05) is 43.3 Å². The molecule has 4 nitrogen and oxygen atoms in total. The maximum Gasteiger partial charge on any atom is 0.187 e. The Morgan fingerprint density at radius 2 is 2.00 bits per heavy atom. The molecular formula is C15H16ClN3OS2. The lowest BCUT2D eigenvalue weighted by Crippen LogP contribution is -2.32. The summed E-state index contributed by atoms with van der Waals surface area (Å²) in [6, 6.07) is 11.6.